The maximum Gasteiger partial charge on any atom is 0.266 e. The van der Waals surface area contributed by atoms with Crippen molar-refractivity contribution in [1.29, 1.82) is 0 Å². The van der Waals surface area contributed by atoms with Crippen molar-refractivity contribution < 1.29 is 9.32 Å². The Morgan fingerprint density at radius 1 is 1.35 bits per heavy atom. The summed E-state index contributed by atoms with van der Waals surface area (Å²) in [6.45, 7) is 0. The first-order chi connectivity index (χ1) is 8.34. The van der Waals surface area contributed by atoms with Crippen LogP contribution in [-0.2, 0) is 0 Å². The van der Waals surface area contributed by atoms with Gasteiger partial charge in [-0.05, 0) is 23.6 Å². The lowest BCUT2D eigenvalue weighted by Crippen LogP contribution is -2.10. The lowest BCUT2D eigenvalue weighted by molar-refractivity contribution is 0.103. The van der Waals surface area contributed by atoms with Crippen LogP contribution >= 0.6 is 11.3 Å². The van der Waals surface area contributed by atoms with Crippen LogP contribution in [-0.4, -0.2) is 16.0 Å². The smallest absolute Gasteiger partial charge is 0.266 e. The molecule has 0 aliphatic carbocycles. The molecule has 3 aromatic rings. The molecule has 0 radical (unpaired) electrons. The molecule has 1 N–H and O–H groups in total. The summed E-state index contributed by atoms with van der Waals surface area (Å²) in [6.07, 6.45) is 1.61. The number of rotatable bonds is 2. The largest absolute Gasteiger partial charge is 0.334 e. The number of nitrogens with one attached hydrogen (secondary N) is 1. The number of thiophene rings is 1. The first-order valence-corrected chi connectivity index (χ1v) is 5.78. The molecule has 0 saturated heterocycles. The molecule has 0 spiro atoms. The normalized spacial score (nSPS) is 10.6. The molecule has 0 unspecified atom stereocenters. The van der Waals surface area contributed by atoms with Crippen molar-refractivity contribution in [2.75, 3.05) is 5.32 Å². The quantitative estimate of drug-likeness (QED) is 0.753. The number of hydrogen-bond acceptors (Lipinski definition) is 5. The predicted octanol–water partition coefficient (Wildman–Crippen LogP) is 2.54. The zero-order valence-corrected chi connectivity index (χ0v) is 9.40. The third-order valence-corrected chi connectivity index (χ3v) is 3.10. The number of carbonyl (C=O) groups is 1. The van der Waals surface area contributed by atoms with E-state index in [4.69, 9.17) is 4.52 Å². The minimum Gasteiger partial charge on any atom is -0.334 e. The molecule has 84 valence electrons. The minimum absolute atomic E-state index is 0.195. The van der Waals surface area contributed by atoms with Gasteiger partial charge in [-0.15, -0.1) is 11.3 Å². The molecule has 5 nitrogen and oxygen atoms in total. The van der Waals surface area contributed by atoms with E-state index in [1.165, 1.54) is 11.3 Å². The summed E-state index contributed by atoms with van der Waals surface area (Å²) in [6, 6.07) is 7.13. The number of aromatic nitrogens is 2. The van der Waals surface area contributed by atoms with Gasteiger partial charge in [-0.3, -0.25) is 4.79 Å². The fourth-order valence-corrected chi connectivity index (χ4v) is 2.07. The number of hydrogen-bond donors (Lipinski definition) is 1. The molecule has 0 aliphatic heterocycles. The molecule has 0 bridgehead atoms. The number of anilines is 1. The third-order valence-electron chi connectivity index (χ3n) is 2.23. The molecule has 3 heterocycles. The molecule has 17 heavy (non-hydrogen) atoms. The lowest BCUT2D eigenvalue weighted by Gasteiger charge is -1.97. The molecular formula is C11H7N3O2S. The van der Waals surface area contributed by atoms with Crippen LogP contribution < -0.4 is 5.32 Å². The molecule has 0 saturated carbocycles. The first-order valence-electron chi connectivity index (χ1n) is 4.90. The number of pyridine rings is 1. The molecule has 3 rings (SSSR count). The number of fused-ring (bicyclic) bond motifs is 1. The molecule has 0 aromatic carbocycles. The van der Waals surface area contributed by atoms with Crippen molar-refractivity contribution in [2.24, 2.45) is 0 Å². The molecule has 3 aromatic heterocycles. The lowest BCUT2D eigenvalue weighted by atomic mass is 10.3. The van der Waals surface area contributed by atoms with Crippen LogP contribution in [0.25, 0.3) is 11.1 Å². The van der Waals surface area contributed by atoms with E-state index in [2.05, 4.69) is 15.5 Å². The fourth-order valence-electron chi connectivity index (χ4n) is 1.45. The van der Waals surface area contributed by atoms with Crippen LogP contribution in [0.3, 0.4) is 0 Å². The second kappa shape index (κ2) is 3.99. The van der Waals surface area contributed by atoms with Crippen molar-refractivity contribution in [1.82, 2.24) is 10.1 Å². The summed E-state index contributed by atoms with van der Waals surface area (Å²) >= 11 is 1.37. The maximum absolute atomic E-state index is 11.8. The monoisotopic (exact) mass is 245 g/mol. The SMILES string of the molecule is O=C(Nc1noc2ncccc12)c1cccs1. The fraction of sp³-hybridized carbons (Fsp3) is 0. The summed E-state index contributed by atoms with van der Waals surface area (Å²) in [5, 5.41) is 9.01. The second-order valence-electron chi connectivity index (χ2n) is 3.32. The Balaban J connectivity index is 1.93. The van der Waals surface area contributed by atoms with Crippen molar-refractivity contribution in [3.8, 4) is 0 Å². The molecule has 0 fully saturated rings. The van der Waals surface area contributed by atoms with E-state index in [1.54, 1.807) is 24.4 Å². The Bertz CT molecular complexity index is 660. The van der Waals surface area contributed by atoms with E-state index < -0.39 is 0 Å². The van der Waals surface area contributed by atoms with Crippen LogP contribution in [0.2, 0.25) is 0 Å². The molecule has 6 heteroatoms. The highest BCUT2D eigenvalue weighted by atomic mass is 32.1. The highest BCUT2D eigenvalue weighted by Gasteiger charge is 2.13. The Labute approximate surface area is 100 Å². The maximum atomic E-state index is 11.8. The van der Waals surface area contributed by atoms with Gasteiger partial charge in [-0.1, -0.05) is 11.2 Å². The van der Waals surface area contributed by atoms with Crippen LogP contribution in [0.1, 0.15) is 9.67 Å². The number of amides is 1. The van der Waals surface area contributed by atoms with Gasteiger partial charge in [-0.2, -0.15) is 0 Å². The number of carbonyl (C=O) groups excluding carboxylic acids is 1. The Morgan fingerprint density at radius 3 is 3.12 bits per heavy atom. The third kappa shape index (κ3) is 1.78. The highest BCUT2D eigenvalue weighted by Crippen LogP contribution is 2.21. The summed E-state index contributed by atoms with van der Waals surface area (Å²) in [5.41, 5.74) is 0.411. The van der Waals surface area contributed by atoms with Gasteiger partial charge in [0.15, 0.2) is 5.82 Å². The van der Waals surface area contributed by atoms with Gasteiger partial charge >= 0.3 is 0 Å². The van der Waals surface area contributed by atoms with E-state index in [9.17, 15) is 4.79 Å². The van der Waals surface area contributed by atoms with Gasteiger partial charge in [-0.25, -0.2) is 4.98 Å². The number of nitrogens with zero attached hydrogens (tertiary/aromatic N) is 2. The van der Waals surface area contributed by atoms with Crippen LogP contribution in [0, 0.1) is 0 Å². The Hall–Kier alpha value is -2.21. The van der Waals surface area contributed by atoms with E-state index in [0.717, 1.165) is 0 Å². The van der Waals surface area contributed by atoms with Gasteiger partial charge in [0.25, 0.3) is 11.6 Å². The van der Waals surface area contributed by atoms with Gasteiger partial charge in [0.1, 0.15) is 0 Å². The summed E-state index contributed by atoms with van der Waals surface area (Å²) < 4.78 is 4.99. The molecule has 1 amide bonds. The predicted molar refractivity (Wildman–Crippen MR) is 64.1 cm³/mol. The molecule has 0 atom stereocenters. The summed E-state index contributed by atoms with van der Waals surface area (Å²) in [5.74, 6) is 0.200. The van der Waals surface area contributed by atoms with E-state index >= 15 is 0 Å². The van der Waals surface area contributed by atoms with Crippen LogP contribution in [0.4, 0.5) is 5.82 Å². The average Bonchev–Trinajstić information content (AvgIpc) is 2.98. The van der Waals surface area contributed by atoms with Crippen molar-refractivity contribution in [3.63, 3.8) is 0 Å². The van der Waals surface area contributed by atoms with Gasteiger partial charge in [0, 0.05) is 6.20 Å². The summed E-state index contributed by atoms with van der Waals surface area (Å²) in [4.78, 5) is 16.4. The minimum atomic E-state index is -0.195. The van der Waals surface area contributed by atoms with Crippen LogP contribution in [0.5, 0.6) is 0 Å². The molecular weight excluding hydrogens is 238 g/mol. The van der Waals surface area contributed by atoms with Crippen molar-refractivity contribution >= 4 is 34.2 Å². The van der Waals surface area contributed by atoms with E-state index in [1.807, 2.05) is 11.4 Å². The molecule has 0 aliphatic rings. The Morgan fingerprint density at radius 2 is 2.29 bits per heavy atom. The summed E-state index contributed by atoms with van der Waals surface area (Å²) in [7, 11) is 0. The average molecular weight is 245 g/mol. The van der Waals surface area contributed by atoms with Crippen molar-refractivity contribution in [3.05, 3.63) is 40.7 Å². The van der Waals surface area contributed by atoms with Gasteiger partial charge in [0.2, 0.25) is 0 Å². The van der Waals surface area contributed by atoms with Gasteiger partial charge in [0.05, 0.1) is 10.3 Å². The van der Waals surface area contributed by atoms with E-state index in [0.29, 0.717) is 21.8 Å². The zero-order chi connectivity index (χ0) is 11.7. The zero-order valence-electron chi connectivity index (χ0n) is 8.58. The van der Waals surface area contributed by atoms with Crippen molar-refractivity contribution in [2.45, 2.75) is 0 Å². The topological polar surface area (TPSA) is 68.0 Å². The Kier molecular flexibility index (Phi) is 2.34. The second-order valence-corrected chi connectivity index (χ2v) is 4.27. The van der Waals surface area contributed by atoms with E-state index in [-0.39, 0.29) is 5.91 Å². The highest BCUT2D eigenvalue weighted by molar-refractivity contribution is 7.12. The van der Waals surface area contributed by atoms with Gasteiger partial charge < -0.3 is 9.84 Å². The first kappa shape index (κ1) is 9.98. The van der Waals surface area contributed by atoms with Crippen LogP contribution in [0.15, 0.2) is 40.4 Å². The standard InChI is InChI=1S/C11H7N3O2S/c15-10(8-4-2-6-17-8)13-9-7-3-1-5-12-11(7)16-14-9/h1-6H,(H,13,14,15).